The molecule has 1 aliphatic heterocycles. The Morgan fingerprint density at radius 2 is 2.04 bits per heavy atom. The first-order valence-corrected chi connectivity index (χ1v) is 8.69. The number of benzene rings is 1. The van der Waals surface area contributed by atoms with Crippen molar-refractivity contribution >= 4 is 17.2 Å². The predicted molar refractivity (Wildman–Crippen MR) is 93.5 cm³/mol. The Labute approximate surface area is 148 Å². The van der Waals surface area contributed by atoms with E-state index in [9.17, 15) is 4.79 Å². The van der Waals surface area contributed by atoms with Gasteiger partial charge in [-0.2, -0.15) is 0 Å². The summed E-state index contributed by atoms with van der Waals surface area (Å²) in [6.45, 7) is 0.531. The Morgan fingerprint density at radius 3 is 2.88 bits per heavy atom. The molecule has 126 valence electrons. The summed E-state index contributed by atoms with van der Waals surface area (Å²) < 4.78 is 11.3. The number of thiazole rings is 1. The van der Waals surface area contributed by atoms with Gasteiger partial charge in [0.2, 0.25) is 6.10 Å². The fraction of sp³-hybridized carbons (Fsp3) is 0.167. The lowest BCUT2D eigenvalue weighted by Gasteiger charge is -2.25. The number of nitrogens with one attached hydrogen (secondary N) is 1. The first-order valence-electron chi connectivity index (χ1n) is 7.81. The van der Waals surface area contributed by atoms with Crippen LogP contribution in [0.15, 0.2) is 54.0 Å². The van der Waals surface area contributed by atoms with E-state index in [0.29, 0.717) is 18.0 Å². The van der Waals surface area contributed by atoms with Crippen molar-refractivity contribution in [2.24, 2.45) is 0 Å². The number of carbonyl (C=O) groups excluding carboxylic acids is 1. The highest BCUT2D eigenvalue weighted by Crippen LogP contribution is 2.30. The number of carbonyl (C=O) groups is 1. The number of rotatable bonds is 4. The Kier molecular flexibility index (Phi) is 4.30. The minimum atomic E-state index is -0.663. The topological polar surface area (TPSA) is 73.3 Å². The molecule has 0 spiro atoms. The second-order valence-corrected chi connectivity index (χ2v) is 6.30. The number of pyridine rings is 1. The number of hydrogen-bond acceptors (Lipinski definition) is 6. The molecule has 1 N–H and O–H groups in total. The molecule has 0 bridgehead atoms. The van der Waals surface area contributed by atoms with Gasteiger partial charge < -0.3 is 14.8 Å². The molecule has 0 radical (unpaired) electrons. The van der Waals surface area contributed by atoms with Gasteiger partial charge in [0.15, 0.2) is 11.5 Å². The predicted octanol–water partition coefficient (Wildman–Crippen LogP) is 2.66. The van der Waals surface area contributed by atoms with Gasteiger partial charge in [0.1, 0.15) is 11.6 Å². The molecule has 0 aliphatic carbocycles. The van der Waals surface area contributed by atoms with Crippen molar-refractivity contribution in [2.45, 2.75) is 12.6 Å². The van der Waals surface area contributed by atoms with Crippen molar-refractivity contribution in [1.29, 1.82) is 0 Å². The molecule has 1 amide bonds. The Balaban J connectivity index is 1.36. The van der Waals surface area contributed by atoms with Crippen LogP contribution in [-0.2, 0) is 11.3 Å². The second-order valence-electron chi connectivity index (χ2n) is 5.44. The molecule has 0 fully saturated rings. The lowest BCUT2D eigenvalue weighted by atomic mass is 10.2. The smallest absolute Gasteiger partial charge is 0.265 e. The average molecular weight is 353 g/mol. The molecule has 2 aromatic heterocycles. The van der Waals surface area contributed by atoms with E-state index in [2.05, 4.69) is 15.3 Å². The van der Waals surface area contributed by atoms with Crippen LogP contribution in [0.2, 0.25) is 0 Å². The highest BCUT2D eigenvalue weighted by molar-refractivity contribution is 7.13. The lowest BCUT2D eigenvalue weighted by Crippen LogP contribution is -2.43. The summed E-state index contributed by atoms with van der Waals surface area (Å²) in [6.07, 6.45) is 1.07. The van der Waals surface area contributed by atoms with E-state index < -0.39 is 6.10 Å². The van der Waals surface area contributed by atoms with E-state index in [1.807, 2.05) is 41.8 Å². The second kappa shape index (κ2) is 6.90. The van der Waals surface area contributed by atoms with Crippen LogP contribution in [0.1, 0.15) is 5.69 Å². The Bertz CT molecular complexity index is 882. The van der Waals surface area contributed by atoms with Crippen LogP contribution in [0.3, 0.4) is 0 Å². The van der Waals surface area contributed by atoms with Gasteiger partial charge in [-0.25, -0.2) is 4.98 Å². The summed E-state index contributed by atoms with van der Waals surface area (Å²) in [5.41, 5.74) is 1.61. The monoisotopic (exact) mass is 353 g/mol. The molecule has 4 rings (SSSR count). The van der Waals surface area contributed by atoms with Gasteiger partial charge in [-0.3, -0.25) is 9.78 Å². The molecular formula is C18H15N3O3S. The maximum absolute atomic E-state index is 12.3. The Hall–Kier alpha value is -2.93. The first-order chi connectivity index (χ1) is 12.3. The number of fused-ring (bicyclic) bond motifs is 1. The highest BCUT2D eigenvalue weighted by atomic mass is 32.1. The van der Waals surface area contributed by atoms with Gasteiger partial charge in [0.05, 0.1) is 17.9 Å². The van der Waals surface area contributed by atoms with Crippen LogP contribution in [0, 0.1) is 0 Å². The number of ether oxygens (including phenoxy) is 2. The van der Waals surface area contributed by atoms with Crippen LogP contribution < -0.4 is 14.8 Å². The summed E-state index contributed by atoms with van der Waals surface area (Å²) in [5.74, 6) is 1.02. The van der Waals surface area contributed by atoms with E-state index in [1.54, 1.807) is 12.3 Å². The number of nitrogens with zero attached hydrogens (tertiary/aromatic N) is 2. The first kappa shape index (κ1) is 15.6. The largest absolute Gasteiger partial charge is 0.485 e. The van der Waals surface area contributed by atoms with Crippen LogP contribution in [0.25, 0.3) is 10.7 Å². The van der Waals surface area contributed by atoms with Crippen LogP contribution >= 0.6 is 11.3 Å². The summed E-state index contributed by atoms with van der Waals surface area (Å²) >= 11 is 1.50. The van der Waals surface area contributed by atoms with Gasteiger partial charge in [-0.1, -0.05) is 18.2 Å². The van der Waals surface area contributed by atoms with Crippen molar-refractivity contribution in [3.8, 4) is 22.2 Å². The molecular weight excluding hydrogens is 338 g/mol. The lowest BCUT2D eigenvalue weighted by molar-refractivity contribution is -0.130. The zero-order valence-corrected chi connectivity index (χ0v) is 14.0. The van der Waals surface area contributed by atoms with E-state index in [1.165, 1.54) is 11.3 Å². The molecule has 6 nitrogen and oxygen atoms in total. The van der Waals surface area contributed by atoms with Gasteiger partial charge in [-0.05, 0) is 24.3 Å². The summed E-state index contributed by atoms with van der Waals surface area (Å²) in [6, 6.07) is 13.0. The van der Waals surface area contributed by atoms with Gasteiger partial charge in [-0.15, -0.1) is 11.3 Å². The molecule has 25 heavy (non-hydrogen) atoms. The number of para-hydroxylation sites is 2. The maximum Gasteiger partial charge on any atom is 0.265 e. The maximum atomic E-state index is 12.3. The van der Waals surface area contributed by atoms with Gasteiger partial charge >= 0.3 is 0 Å². The van der Waals surface area contributed by atoms with Crippen LogP contribution in [0.5, 0.6) is 11.5 Å². The molecule has 3 heterocycles. The van der Waals surface area contributed by atoms with E-state index in [4.69, 9.17) is 9.47 Å². The van der Waals surface area contributed by atoms with Crippen LogP contribution in [-0.4, -0.2) is 28.6 Å². The third-order valence-corrected chi connectivity index (χ3v) is 4.59. The molecule has 1 atom stereocenters. The van der Waals surface area contributed by atoms with Gasteiger partial charge in [0.25, 0.3) is 5.91 Å². The number of aromatic nitrogens is 2. The van der Waals surface area contributed by atoms with Crippen molar-refractivity contribution < 1.29 is 14.3 Å². The van der Waals surface area contributed by atoms with E-state index in [-0.39, 0.29) is 12.5 Å². The quantitative estimate of drug-likeness (QED) is 0.781. The minimum absolute atomic E-state index is 0.194. The van der Waals surface area contributed by atoms with E-state index >= 15 is 0 Å². The fourth-order valence-corrected chi connectivity index (χ4v) is 3.23. The normalized spacial score (nSPS) is 15.6. The third-order valence-electron chi connectivity index (χ3n) is 3.68. The molecule has 1 aliphatic rings. The minimum Gasteiger partial charge on any atom is -0.485 e. The fourth-order valence-electron chi connectivity index (χ4n) is 2.44. The van der Waals surface area contributed by atoms with Crippen molar-refractivity contribution in [2.75, 3.05) is 6.61 Å². The average Bonchev–Trinajstić information content (AvgIpc) is 3.15. The summed E-state index contributed by atoms with van der Waals surface area (Å²) in [7, 11) is 0. The van der Waals surface area contributed by atoms with Crippen molar-refractivity contribution in [3.05, 3.63) is 59.7 Å². The van der Waals surface area contributed by atoms with E-state index in [0.717, 1.165) is 16.4 Å². The zero-order chi connectivity index (χ0) is 17.1. The van der Waals surface area contributed by atoms with Gasteiger partial charge in [0, 0.05) is 11.6 Å². The Morgan fingerprint density at radius 1 is 1.20 bits per heavy atom. The molecule has 3 aromatic rings. The zero-order valence-electron chi connectivity index (χ0n) is 13.2. The molecule has 1 aromatic carbocycles. The number of amides is 1. The molecule has 7 heteroatoms. The highest BCUT2D eigenvalue weighted by Gasteiger charge is 2.27. The number of hydrogen-bond donors (Lipinski definition) is 1. The standard InChI is InChI=1S/C18H15N3O3S/c22-17(16-10-23-14-6-1-2-7-15(14)24-16)20-9-12-11-25-18(21-12)13-5-3-4-8-19-13/h1-8,11,16H,9-10H2,(H,20,22). The molecule has 0 saturated carbocycles. The van der Waals surface area contributed by atoms with Crippen LogP contribution in [0.4, 0.5) is 0 Å². The molecule has 1 unspecified atom stereocenters. The van der Waals surface area contributed by atoms with Crippen molar-refractivity contribution in [3.63, 3.8) is 0 Å². The summed E-state index contributed by atoms with van der Waals surface area (Å²) in [5, 5.41) is 5.59. The third kappa shape index (κ3) is 3.46. The van der Waals surface area contributed by atoms with Crippen molar-refractivity contribution in [1.82, 2.24) is 15.3 Å². The molecule has 0 saturated heterocycles. The summed E-state index contributed by atoms with van der Waals surface area (Å²) in [4.78, 5) is 21.1. The SMILES string of the molecule is O=C(NCc1csc(-c2ccccn2)n1)C1COc2ccccc2O1.